The van der Waals surface area contributed by atoms with Crippen LogP contribution in [0.3, 0.4) is 0 Å². The van der Waals surface area contributed by atoms with Gasteiger partial charge in [0.25, 0.3) is 0 Å². The Bertz CT molecular complexity index is 190. The number of nitrogens with zero attached hydrogens (tertiary/aromatic N) is 1. The van der Waals surface area contributed by atoms with Gasteiger partial charge in [-0.3, -0.25) is 4.57 Å². The van der Waals surface area contributed by atoms with Crippen LogP contribution in [0, 0.1) is 0 Å². The summed E-state index contributed by atoms with van der Waals surface area (Å²) in [6, 6.07) is 0. The fraction of sp³-hybridized carbons (Fsp3) is 1.00. The Morgan fingerprint density at radius 3 is 1.29 bits per heavy atom. The molecule has 17 heavy (non-hydrogen) atoms. The molecule has 0 saturated carbocycles. The van der Waals surface area contributed by atoms with Crippen LogP contribution in [0.4, 0.5) is 0 Å². The highest BCUT2D eigenvalue weighted by atomic mass is 28.5. The van der Waals surface area contributed by atoms with Crippen LogP contribution < -0.4 is 0 Å². The summed E-state index contributed by atoms with van der Waals surface area (Å²) in [5.74, 6) is 0. The van der Waals surface area contributed by atoms with Crippen LogP contribution in [0.2, 0.25) is 39.3 Å². The Labute approximate surface area is 113 Å². The molecule has 0 bridgehead atoms. The van der Waals surface area contributed by atoms with Gasteiger partial charge < -0.3 is 12.3 Å². The molecule has 0 fully saturated rings. The summed E-state index contributed by atoms with van der Waals surface area (Å²) in [5.41, 5.74) is 0. The lowest BCUT2D eigenvalue weighted by atomic mass is 10.8. The second-order valence-corrected chi connectivity index (χ2v) is 16.0. The summed E-state index contributed by atoms with van der Waals surface area (Å²) in [7, 11) is -4.01. The Morgan fingerprint density at radius 2 is 1.12 bits per heavy atom. The first-order valence-corrected chi connectivity index (χ1v) is 16.5. The number of hydrogen-bond donors (Lipinski definition) is 0. The van der Waals surface area contributed by atoms with E-state index in [9.17, 15) is 0 Å². The van der Waals surface area contributed by atoms with E-state index in [1.807, 2.05) is 0 Å². The molecular formula is C9H29NO3Si4. The third kappa shape index (κ3) is 6.43. The average Bonchev–Trinajstić information content (AvgIpc) is 2.12. The lowest BCUT2D eigenvalue weighted by Gasteiger charge is -2.40. The minimum atomic E-state index is -2.57. The molecule has 0 N–H and O–H groups in total. The maximum Gasteiger partial charge on any atom is 0.566 e. The molecule has 104 valence electrons. The Hall–Kier alpha value is 0.708. The standard InChI is InChI=1S/C9H29NO3Si4/c1-9-10(2)17(11-14(3)4,12-15(5)6)13-16(7)8/h14-16H,9H2,1-8H3. The molecule has 0 aliphatic carbocycles. The van der Waals surface area contributed by atoms with E-state index in [2.05, 4.69) is 57.8 Å². The zero-order chi connectivity index (χ0) is 13.6. The van der Waals surface area contributed by atoms with Gasteiger partial charge in [-0.05, 0) is 52.9 Å². The average molecular weight is 312 g/mol. The zero-order valence-electron chi connectivity index (χ0n) is 12.6. The van der Waals surface area contributed by atoms with E-state index in [1.54, 1.807) is 0 Å². The summed E-state index contributed by atoms with van der Waals surface area (Å²) < 4.78 is 20.9. The Morgan fingerprint density at radius 1 is 0.824 bits per heavy atom. The van der Waals surface area contributed by atoms with Crippen molar-refractivity contribution in [3.8, 4) is 0 Å². The van der Waals surface area contributed by atoms with Gasteiger partial charge in [-0.15, -0.1) is 0 Å². The first-order chi connectivity index (χ1) is 7.73. The van der Waals surface area contributed by atoms with Crippen molar-refractivity contribution in [1.82, 2.24) is 4.57 Å². The predicted octanol–water partition coefficient (Wildman–Crippen LogP) is 1.37. The van der Waals surface area contributed by atoms with Gasteiger partial charge in [0.15, 0.2) is 27.1 Å². The van der Waals surface area contributed by atoms with Crippen molar-refractivity contribution in [2.75, 3.05) is 13.6 Å². The second kappa shape index (κ2) is 7.99. The van der Waals surface area contributed by atoms with Crippen LogP contribution in [0.1, 0.15) is 6.92 Å². The minimum absolute atomic E-state index is 0.912. The van der Waals surface area contributed by atoms with Crippen molar-refractivity contribution in [3.05, 3.63) is 0 Å². The molecule has 0 rings (SSSR count). The lowest BCUT2D eigenvalue weighted by molar-refractivity contribution is 0.184. The predicted molar refractivity (Wildman–Crippen MR) is 83.9 cm³/mol. The van der Waals surface area contributed by atoms with Crippen molar-refractivity contribution < 1.29 is 12.3 Å². The molecule has 0 unspecified atom stereocenters. The van der Waals surface area contributed by atoms with Crippen LogP contribution in [-0.2, 0) is 12.3 Å². The van der Waals surface area contributed by atoms with Gasteiger partial charge in [0, 0.05) is 0 Å². The van der Waals surface area contributed by atoms with Crippen molar-refractivity contribution >= 4 is 36.1 Å². The normalized spacial score (nSPS) is 13.4. The molecule has 0 aliphatic rings. The molecule has 0 aliphatic heterocycles. The summed E-state index contributed by atoms with van der Waals surface area (Å²) in [5, 5.41) is 0. The van der Waals surface area contributed by atoms with Crippen LogP contribution >= 0.6 is 0 Å². The first-order valence-electron chi connectivity index (χ1n) is 6.48. The number of rotatable bonds is 8. The zero-order valence-corrected chi connectivity index (χ0v) is 17.1. The van der Waals surface area contributed by atoms with E-state index in [0.29, 0.717) is 0 Å². The molecular weight excluding hydrogens is 282 g/mol. The van der Waals surface area contributed by atoms with Crippen LogP contribution in [0.15, 0.2) is 0 Å². The monoisotopic (exact) mass is 311 g/mol. The molecule has 0 atom stereocenters. The fourth-order valence-corrected chi connectivity index (χ4v) is 13.3. The van der Waals surface area contributed by atoms with Gasteiger partial charge in [0.05, 0.1) is 0 Å². The molecule has 0 aromatic heterocycles. The van der Waals surface area contributed by atoms with Gasteiger partial charge in [-0.2, -0.15) is 0 Å². The molecule has 8 heteroatoms. The third-order valence-corrected chi connectivity index (χ3v) is 12.6. The summed E-state index contributed by atoms with van der Waals surface area (Å²) in [6.45, 7) is 16.1. The quantitative estimate of drug-likeness (QED) is 0.634. The van der Waals surface area contributed by atoms with E-state index < -0.39 is 36.1 Å². The highest BCUT2D eigenvalue weighted by molar-refractivity contribution is 6.78. The maximum atomic E-state index is 6.24. The van der Waals surface area contributed by atoms with Crippen LogP contribution in [0.5, 0.6) is 0 Å². The number of hydrogen-bond acceptors (Lipinski definition) is 4. The first kappa shape index (κ1) is 17.7. The molecule has 0 heterocycles. The second-order valence-electron chi connectivity index (χ2n) is 5.04. The lowest BCUT2D eigenvalue weighted by Crippen LogP contribution is -2.64. The van der Waals surface area contributed by atoms with E-state index in [0.717, 1.165) is 6.54 Å². The molecule has 0 amide bonds. The molecule has 0 radical (unpaired) electrons. The molecule has 0 saturated heterocycles. The summed E-state index contributed by atoms with van der Waals surface area (Å²) in [6.07, 6.45) is 0. The summed E-state index contributed by atoms with van der Waals surface area (Å²) >= 11 is 0. The van der Waals surface area contributed by atoms with Gasteiger partial charge >= 0.3 is 8.97 Å². The molecule has 4 nitrogen and oxygen atoms in total. The van der Waals surface area contributed by atoms with Gasteiger partial charge in [-0.1, -0.05) is 6.92 Å². The largest absolute Gasteiger partial charge is 0.566 e. The maximum absolute atomic E-state index is 6.24. The smallest absolute Gasteiger partial charge is 0.408 e. The fourth-order valence-electron chi connectivity index (χ4n) is 1.44. The van der Waals surface area contributed by atoms with Gasteiger partial charge in [0.2, 0.25) is 0 Å². The van der Waals surface area contributed by atoms with Crippen molar-refractivity contribution in [2.24, 2.45) is 0 Å². The van der Waals surface area contributed by atoms with E-state index in [1.165, 1.54) is 0 Å². The Kier molecular flexibility index (Phi) is 8.33. The highest BCUT2D eigenvalue weighted by Crippen LogP contribution is 2.18. The van der Waals surface area contributed by atoms with E-state index in [4.69, 9.17) is 12.3 Å². The minimum Gasteiger partial charge on any atom is -0.408 e. The summed E-state index contributed by atoms with van der Waals surface area (Å²) in [4.78, 5) is 0. The topological polar surface area (TPSA) is 30.9 Å². The molecule has 0 aromatic rings. The van der Waals surface area contributed by atoms with Crippen molar-refractivity contribution in [1.29, 1.82) is 0 Å². The van der Waals surface area contributed by atoms with Crippen molar-refractivity contribution in [3.63, 3.8) is 0 Å². The van der Waals surface area contributed by atoms with E-state index >= 15 is 0 Å². The highest BCUT2D eigenvalue weighted by Gasteiger charge is 2.47. The third-order valence-electron chi connectivity index (χ3n) is 2.10. The molecule has 0 aromatic carbocycles. The van der Waals surface area contributed by atoms with Crippen LogP contribution in [-0.4, -0.2) is 54.2 Å². The van der Waals surface area contributed by atoms with E-state index in [-0.39, 0.29) is 0 Å². The Balaban J connectivity index is 5.04. The van der Waals surface area contributed by atoms with Gasteiger partial charge in [-0.25, -0.2) is 0 Å². The van der Waals surface area contributed by atoms with Crippen molar-refractivity contribution in [2.45, 2.75) is 46.2 Å². The van der Waals surface area contributed by atoms with Crippen LogP contribution in [0.25, 0.3) is 0 Å². The SMILES string of the molecule is CCN(C)[Si](O[SiH](C)C)(O[SiH](C)C)O[SiH](C)C. The molecule has 0 spiro atoms. The van der Waals surface area contributed by atoms with Gasteiger partial charge in [0.1, 0.15) is 0 Å².